The second-order valence-corrected chi connectivity index (χ2v) is 7.80. The predicted octanol–water partition coefficient (Wildman–Crippen LogP) is 4.63. The van der Waals surface area contributed by atoms with Crippen molar-refractivity contribution in [1.82, 2.24) is 4.90 Å². The number of piperidine rings is 1. The average Bonchev–Trinajstić information content (AvgIpc) is 2.55. The fraction of sp³-hybridized carbons (Fsp3) is 0.571. The number of amides is 1. The minimum Gasteiger partial charge on any atom is -0.444 e. The molecule has 4 heteroatoms. The van der Waals surface area contributed by atoms with E-state index < -0.39 is 5.60 Å². The number of aliphatic hydroxyl groups excluding tert-OH is 1. The van der Waals surface area contributed by atoms with Crippen molar-refractivity contribution in [1.29, 1.82) is 0 Å². The molecule has 1 aromatic carbocycles. The van der Waals surface area contributed by atoms with Crippen LogP contribution in [0.5, 0.6) is 0 Å². The summed E-state index contributed by atoms with van der Waals surface area (Å²) >= 11 is 0. The van der Waals surface area contributed by atoms with E-state index in [4.69, 9.17) is 4.74 Å². The third kappa shape index (κ3) is 6.20. The lowest BCUT2D eigenvalue weighted by molar-refractivity contribution is 0.0236. The first-order valence-electron chi connectivity index (χ1n) is 9.18. The number of benzene rings is 1. The van der Waals surface area contributed by atoms with Crippen LogP contribution in [-0.4, -0.2) is 40.9 Å². The molecule has 0 radical (unpaired) electrons. The van der Waals surface area contributed by atoms with Gasteiger partial charge in [0.05, 0.1) is 6.10 Å². The van der Waals surface area contributed by atoms with Crippen LogP contribution in [0.4, 0.5) is 4.79 Å². The maximum atomic E-state index is 12.2. The Bertz CT molecular complexity index is 589. The van der Waals surface area contributed by atoms with E-state index in [-0.39, 0.29) is 12.2 Å². The van der Waals surface area contributed by atoms with E-state index in [1.165, 1.54) is 16.7 Å². The van der Waals surface area contributed by atoms with Crippen molar-refractivity contribution in [2.45, 2.75) is 65.1 Å². The number of rotatable bonds is 4. The largest absolute Gasteiger partial charge is 0.444 e. The highest BCUT2D eigenvalue weighted by Crippen LogP contribution is 2.31. The second-order valence-electron chi connectivity index (χ2n) is 7.80. The van der Waals surface area contributed by atoms with Crippen LogP contribution < -0.4 is 0 Å². The maximum Gasteiger partial charge on any atom is 0.410 e. The van der Waals surface area contributed by atoms with E-state index in [0.717, 1.165) is 25.7 Å². The molecule has 0 spiro atoms. The number of carbonyl (C=O) groups is 1. The van der Waals surface area contributed by atoms with Gasteiger partial charge in [0.25, 0.3) is 0 Å². The summed E-state index contributed by atoms with van der Waals surface area (Å²) in [5.41, 5.74) is 3.49. The number of allylic oxidation sites excluding steroid dienone is 1. The van der Waals surface area contributed by atoms with Gasteiger partial charge in [-0.25, -0.2) is 4.79 Å². The molecule has 1 fully saturated rings. The number of likely N-dealkylation sites (tertiary alicyclic amines) is 1. The van der Waals surface area contributed by atoms with E-state index in [9.17, 15) is 9.90 Å². The fourth-order valence-electron chi connectivity index (χ4n) is 3.11. The highest BCUT2D eigenvalue weighted by atomic mass is 16.6. The third-order valence-electron chi connectivity index (χ3n) is 4.38. The van der Waals surface area contributed by atoms with Crippen LogP contribution in [0.1, 0.15) is 58.9 Å². The molecule has 0 saturated carbocycles. The molecule has 1 aromatic rings. The van der Waals surface area contributed by atoms with Gasteiger partial charge in [0.2, 0.25) is 0 Å². The Morgan fingerprint density at radius 3 is 2.32 bits per heavy atom. The van der Waals surface area contributed by atoms with Crippen molar-refractivity contribution >= 4 is 11.7 Å². The average molecular weight is 345 g/mol. The zero-order valence-corrected chi connectivity index (χ0v) is 15.9. The lowest BCUT2D eigenvalue weighted by Gasteiger charge is -2.32. The minimum atomic E-state index is -0.459. The SMILES string of the molecule is CC(O)CCC(=C1CCN(C(=O)OC(C)(C)C)CC1)c1ccccc1. The quantitative estimate of drug-likeness (QED) is 0.865. The number of nitrogens with zero attached hydrogens (tertiary/aromatic N) is 1. The van der Waals surface area contributed by atoms with Crippen molar-refractivity contribution in [2.75, 3.05) is 13.1 Å². The highest BCUT2D eigenvalue weighted by molar-refractivity contribution is 5.71. The first kappa shape index (κ1) is 19.5. The Hall–Kier alpha value is -1.81. The molecule has 25 heavy (non-hydrogen) atoms. The summed E-state index contributed by atoms with van der Waals surface area (Å²) in [6.45, 7) is 8.89. The van der Waals surface area contributed by atoms with E-state index in [1.807, 2.05) is 45.9 Å². The summed E-state index contributed by atoms with van der Waals surface area (Å²) in [7, 11) is 0. The molecule has 0 aromatic heterocycles. The van der Waals surface area contributed by atoms with Gasteiger partial charge >= 0.3 is 6.09 Å². The third-order valence-corrected chi connectivity index (χ3v) is 4.38. The summed E-state index contributed by atoms with van der Waals surface area (Å²) in [5.74, 6) is 0. The van der Waals surface area contributed by atoms with Crippen molar-refractivity contribution in [3.05, 3.63) is 41.5 Å². The van der Waals surface area contributed by atoms with Crippen LogP contribution in [0.15, 0.2) is 35.9 Å². The van der Waals surface area contributed by atoms with Crippen LogP contribution in [-0.2, 0) is 4.74 Å². The van der Waals surface area contributed by atoms with Crippen molar-refractivity contribution in [3.8, 4) is 0 Å². The summed E-state index contributed by atoms with van der Waals surface area (Å²) in [5, 5.41) is 9.68. The van der Waals surface area contributed by atoms with Crippen LogP contribution in [0.2, 0.25) is 0 Å². The maximum absolute atomic E-state index is 12.2. The zero-order chi connectivity index (χ0) is 18.4. The van der Waals surface area contributed by atoms with Gasteiger partial charge < -0.3 is 14.7 Å². The molecule has 1 N–H and O–H groups in total. The van der Waals surface area contributed by atoms with E-state index in [2.05, 4.69) is 12.1 Å². The second kappa shape index (κ2) is 8.52. The summed E-state index contributed by atoms with van der Waals surface area (Å²) < 4.78 is 5.47. The van der Waals surface area contributed by atoms with E-state index >= 15 is 0 Å². The fourth-order valence-corrected chi connectivity index (χ4v) is 3.11. The van der Waals surface area contributed by atoms with Gasteiger partial charge in [-0.15, -0.1) is 0 Å². The Balaban J connectivity index is 2.10. The smallest absolute Gasteiger partial charge is 0.410 e. The first-order valence-corrected chi connectivity index (χ1v) is 9.18. The van der Waals surface area contributed by atoms with Gasteiger partial charge in [-0.05, 0) is 64.5 Å². The molecule has 1 aliphatic rings. The molecular weight excluding hydrogens is 314 g/mol. The van der Waals surface area contributed by atoms with Gasteiger partial charge in [-0.3, -0.25) is 0 Å². The monoisotopic (exact) mass is 345 g/mol. The Labute approximate surface area is 151 Å². The number of aliphatic hydroxyl groups is 1. The Morgan fingerprint density at radius 1 is 1.20 bits per heavy atom. The summed E-state index contributed by atoms with van der Waals surface area (Å²) in [6, 6.07) is 10.4. The summed E-state index contributed by atoms with van der Waals surface area (Å²) in [6.07, 6.45) is 2.82. The highest BCUT2D eigenvalue weighted by Gasteiger charge is 2.25. The lowest BCUT2D eigenvalue weighted by Crippen LogP contribution is -2.40. The molecule has 138 valence electrons. The Kier molecular flexibility index (Phi) is 6.65. The lowest BCUT2D eigenvalue weighted by atomic mass is 9.89. The van der Waals surface area contributed by atoms with Crippen LogP contribution in [0.25, 0.3) is 5.57 Å². The molecule has 1 atom stereocenters. The van der Waals surface area contributed by atoms with Crippen LogP contribution in [0, 0.1) is 0 Å². The van der Waals surface area contributed by atoms with E-state index in [0.29, 0.717) is 13.1 Å². The van der Waals surface area contributed by atoms with Crippen LogP contribution >= 0.6 is 0 Å². The van der Waals surface area contributed by atoms with Gasteiger partial charge in [0, 0.05) is 13.1 Å². The number of hydrogen-bond donors (Lipinski definition) is 1. The first-order chi connectivity index (χ1) is 11.8. The zero-order valence-electron chi connectivity index (χ0n) is 15.9. The van der Waals surface area contributed by atoms with Gasteiger partial charge in [-0.2, -0.15) is 0 Å². The molecule has 2 rings (SSSR count). The molecule has 1 saturated heterocycles. The Morgan fingerprint density at radius 2 is 1.80 bits per heavy atom. The number of hydrogen-bond acceptors (Lipinski definition) is 3. The molecule has 1 heterocycles. The molecule has 4 nitrogen and oxygen atoms in total. The van der Waals surface area contributed by atoms with Crippen LogP contribution in [0.3, 0.4) is 0 Å². The van der Waals surface area contributed by atoms with Gasteiger partial charge in [-0.1, -0.05) is 35.9 Å². The minimum absolute atomic E-state index is 0.225. The number of carbonyl (C=O) groups excluding carboxylic acids is 1. The van der Waals surface area contributed by atoms with E-state index in [1.54, 1.807) is 4.90 Å². The summed E-state index contributed by atoms with van der Waals surface area (Å²) in [4.78, 5) is 14.0. The predicted molar refractivity (Wildman–Crippen MR) is 101 cm³/mol. The molecule has 0 bridgehead atoms. The standard InChI is InChI=1S/C21H31NO3/c1-16(23)10-11-19(17-8-6-5-7-9-17)18-12-14-22(15-13-18)20(24)25-21(2,3)4/h5-9,16,23H,10-15H2,1-4H3. The van der Waals surface area contributed by atoms with Crippen molar-refractivity contribution < 1.29 is 14.6 Å². The molecule has 1 unspecified atom stereocenters. The molecule has 1 aliphatic heterocycles. The molecule has 0 aliphatic carbocycles. The molecular formula is C21H31NO3. The van der Waals surface area contributed by atoms with Gasteiger partial charge in [0.1, 0.15) is 5.60 Å². The number of ether oxygens (including phenoxy) is 1. The van der Waals surface area contributed by atoms with Crippen molar-refractivity contribution in [2.24, 2.45) is 0 Å². The molecule has 1 amide bonds. The van der Waals surface area contributed by atoms with Crippen molar-refractivity contribution in [3.63, 3.8) is 0 Å². The normalized spacial score (nSPS) is 16.5. The van der Waals surface area contributed by atoms with Gasteiger partial charge in [0.15, 0.2) is 0 Å². The topological polar surface area (TPSA) is 49.8 Å².